The maximum atomic E-state index is 13.9. The summed E-state index contributed by atoms with van der Waals surface area (Å²) in [6.45, 7) is 10.4. The van der Waals surface area contributed by atoms with Crippen LogP contribution in [0.15, 0.2) is 53.8 Å². The van der Waals surface area contributed by atoms with Crippen LogP contribution in [0.1, 0.15) is 73.4 Å². The number of H-pyrrole nitrogens is 1. The molecule has 0 saturated carbocycles. The number of aliphatic hydroxyl groups excluding tert-OH is 2. The molecule has 113 heavy (non-hydrogen) atoms. The number of aromatic nitrogens is 4. The van der Waals surface area contributed by atoms with E-state index in [0.29, 0.717) is 126 Å². The second-order valence-electron chi connectivity index (χ2n) is 26.2. The van der Waals surface area contributed by atoms with Gasteiger partial charge in [-0.2, -0.15) is 9.82 Å². The van der Waals surface area contributed by atoms with Gasteiger partial charge in [0.15, 0.2) is 12.2 Å². The number of nitrogens with one attached hydrogen (secondary N) is 8. The van der Waals surface area contributed by atoms with Crippen molar-refractivity contribution in [2.75, 3.05) is 175 Å². The number of nitrogens with zero attached hydrogens (tertiary/aromatic N) is 7. The average Bonchev–Trinajstić information content (AvgIpc) is 1.34. The highest BCUT2D eigenvalue weighted by Crippen LogP contribution is 2.33. The molecule has 2 fully saturated rings. The van der Waals surface area contributed by atoms with Crippen LogP contribution < -0.4 is 41.4 Å². The van der Waals surface area contributed by atoms with Crippen LogP contribution in [0.25, 0.3) is 10.9 Å². The van der Waals surface area contributed by atoms with Crippen molar-refractivity contribution in [2.45, 2.75) is 119 Å². The fraction of sp³-hybridized carbons (Fsp3) is 0.647. The molecule has 2 aromatic heterocycles. The molecule has 6 rings (SSSR count). The number of sulfonamides is 1. The summed E-state index contributed by atoms with van der Waals surface area (Å²) in [7, 11) is -4.42. The fourth-order valence-corrected chi connectivity index (χ4v) is 14.8. The van der Waals surface area contributed by atoms with Crippen molar-refractivity contribution >= 4 is 98.4 Å². The summed E-state index contributed by atoms with van der Waals surface area (Å²) in [4.78, 5) is 117. The van der Waals surface area contributed by atoms with Gasteiger partial charge in [0, 0.05) is 165 Å². The average molecular weight is 1660 g/mol. The van der Waals surface area contributed by atoms with Crippen molar-refractivity contribution in [3.8, 4) is 5.75 Å². The van der Waals surface area contributed by atoms with Crippen molar-refractivity contribution in [1.82, 2.24) is 70.7 Å². The second-order valence-corrected chi connectivity index (χ2v) is 29.4. The van der Waals surface area contributed by atoms with Crippen LogP contribution in [-0.4, -0.2) is 343 Å². The lowest BCUT2D eigenvalue weighted by Crippen LogP contribution is -2.58. The normalized spacial score (nSPS) is 18.3. The molecule has 634 valence electrons. The fourth-order valence-electron chi connectivity index (χ4n) is 12.0. The molecule has 2 aliphatic heterocycles. The number of amides is 5. The Hall–Kier alpha value is -7.59. The summed E-state index contributed by atoms with van der Waals surface area (Å²) >= 11 is 0.935. The number of aromatic amines is 1. The van der Waals surface area contributed by atoms with Gasteiger partial charge in [0.1, 0.15) is 23.9 Å². The van der Waals surface area contributed by atoms with E-state index in [-0.39, 0.29) is 151 Å². The predicted molar refractivity (Wildman–Crippen MR) is 405 cm³/mol. The molecule has 2 aliphatic rings. The van der Waals surface area contributed by atoms with Crippen LogP contribution in [-0.2, 0) is 92.6 Å². The summed E-state index contributed by atoms with van der Waals surface area (Å²) in [5.41, 5.74) is 1.59. The van der Waals surface area contributed by atoms with Crippen LogP contribution in [0.3, 0.4) is 0 Å². The number of ether oxygens (including phenoxy) is 6. The summed E-state index contributed by atoms with van der Waals surface area (Å²) in [5.74, 6) is -5.17. The van der Waals surface area contributed by atoms with E-state index in [4.69, 9.17) is 38.9 Å². The van der Waals surface area contributed by atoms with Gasteiger partial charge >= 0.3 is 17.9 Å². The number of hydrogen-bond donors (Lipinski definition) is 15. The van der Waals surface area contributed by atoms with Gasteiger partial charge in [0.2, 0.25) is 33.7 Å². The highest BCUT2D eigenvalue weighted by molar-refractivity contribution is 7.95. The lowest BCUT2D eigenvalue weighted by Gasteiger charge is -2.41. The Labute approximate surface area is 661 Å². The minimum atomic E-state index is -4.42. The topological polar surface area (TPSA) is 548 Å². The summed E-state index contributed by atoms with van der Waals surface area (Å²) < 4.78 is 74.3. The third-order valence-electron chi connectivity index (χ3n) is 17.7. The molecule has 15 N–H and O–H groups in total. The number of anilines is 1. The minimum Gasteiger partial charge on any atom is -0.494 e. The molecule has 0 radical (unpaired) electrons. The van der Waals surface area contributed by atoms with E-state index >= 15 is 0 Å². The molecule has 2 saturated heterocycles. The van der Waals surface area contributed by atoms with Crippen molar-refractivity contribution in [1.29, 1.82) is 0 Å². The number of aliphatic carboxylic acids is 3. The third-order valence-corrected chi connectivity index (χ3v) is 21.1. The molecule has 0 spiro atoms. The Bertz CT molecular complexity index is 3650. The van der Waals surface area contributed by atoms with Gasteiger partial charge in [-0.25, -0.2) is 23.9 Å². The molecular weight excluding hydrogens is 1560 g/mol. The molecule has 4 aromatic rings. The molecule has 4 heterocycles. The van der Waals surface area contributed by atoms with Crippen LogP contribution in [0.2, 0.25) is 0 Å². The quantitative estimate of drug-likeness (QED) is 0.0109. The first-order chi connectivity index (χ1) is 54.4. The number of hydrogen-bond acceptors (Lipinski definition) is 33. The van der Waals surface area contributed by atoms with Gasteiger partial charge in [-0.15, -0.1) is 8.67 Å². The summed E-state index contributed by atoms with van der Waals surface area (Å²) in [6, 6.07) is 5.04. The zero-order valence-electron chi connectivity index (χ0n) is 63.4. The monoisotopic (exact) mass is 1660 g/mol. The van der Waals surface area contributed by atoms with Crippen LogP contribution in [0, 0.1) is 13.8 Å². The predicted octanol–water partition coefficient (Wildman–Crippen LogP) is -0.976. The maximum absolute atomic E-state index is 13.9. The molecule has 45 heteroatoms. The van der Waals surface area contributed by atoms with Gasteiger partial charge in [-0.05, 0) is 94.0 Å². The first-order valence-corrected chi connectivity index (χ1v) is 40.1. The number of carboxylic acids is 3. The number of aliphatic hydroxyl groups is 2. The Balaban J connectivity index is 0.850. The van der Waals surface area contributed by atoms with E-state index in [1.54, 1.807) is 65.1 Å². The lowest BCUT2D eigenvalue weighted by atomic mass is 10.0. The van der Waals surface area contributed by atoms with Crippen LogP contribution in [0.5, 0.6) is 5.75 Å². The number of rotatable bonds is 54. The number of carbonyl (C=O) groups excluding carboxylic acids is 5. The first-order valence-electron chi connectivity index (χ1n) is 36.9. The Morgan fingerprint density at radius 3 is 1.89 bits per heavy atom. The van der Waals surface area contributed by atoms with Gasteiger partial charge in [-0.3, -0.25) is 57.7 Å². The van der Waals surface area contributed by atoms with Crippen molar-refractivity contribution in [3.05, 3.63) is 65.6 Å². The third kappa shape index (κ3) is 35.2. The molecule has 7 atom stereocenters. The standard InChI is InChI=1S/C68H107N15O27S3/c1-4-79-21-23-80(25-26-82(44-59(89)90)28-27-81(24-22-79)43-58(87)88)42-57(86)77-51(11-13-56(85)70-19-32-105-67-61(92)62(112-110-108-98)60(91)54(106-67)45-111-109-107-97)65(94)71-16-8-30-102-34-36-103-35-33-101-29-7-15-69-55(84)9-5-31-104-50-37-46(2)63(47(3)38-50)113(99,100)78-52(66(95)96)41-75-64(93)48-10-12-53-49(39-48)40-76-83(53)20-6-14-72-68-73-17-18-74-68/h10,12,17-18,37-40,51-52,54,60-62,67,78,91-92,97-98H,4-9,11,13-16,19-36,41-45H2,1-3H3,(H,69,84)(H,70,85)(H,71,94)(H,75,93)(H,77,86)(H,87,88)(H,89,90)(H,95,96)(H2,72,73,74)/t51-,52+,54?,60?,61?,62?,67?/m1/s1. The van der Waals surface area contributed by atoms with Gasteiger partial charge in [-0.1, -0.05) is 17.0 Å². The molecular formula is C68H107N15O27S3. The number of fused-ring (bicyclic) bond motifs is 1. The number of benzene rings is 2. The molecule has 2 aromatic carbocycles. The van der Waals surface area contributed by atoms with Gasteiger partial charge < -0.3 is 95.7 Å². The van der Waals surface area contributed by atoms with Gasteiger partial charge in [0.25, 0.3) is 5.91 Å². The second kappa shape index (κ2) is 52.1. The smallest absolute Gasteiger partial charge is 0.323 e. The van der Waals surface area contributed by atoms with Crippen molar-refractivity contribution in [2.24, 2.45) is 0 Å². The molecule has 0 bridgehead atoms. The number of carboxylic acid groups (broad SMARTS) is 3. The number of carbonyl (C=O) groups is 8. The van der Waals surface area contributed by atoms with Crippen molar-refractivity contribution < 1.29 is 130 Å². The van der Waals surface area contributed by atoms with Crippen molar-refractivity contribution in [3.63, 3.8) is 0 Å². The summed E-state index contributed by atoms with van der Waals surface area (Å²) in [6.07, 6.45) is 1.28. The minimum absolute atomic E-state index is 0.123. The molecule has 42 nitrogen and oxygen atoms in total. The van der Waals surface area contributed by atoms with Crippen LogP contribution in [0.4, 0.5) is 5.95 Å². The zero-order valence-corrected chi connectivity index (χ0v) is 65.8. The number of aryl methyl sites for hydroxylation is 3. The highest BCUT2D eigenvalue weighted by Gasteiger charge is 2.47. The Morgan fingerprint density at radius 2 is 1.28 bits per heavy atom. The SMILES string of the molecule is CCN1CCN(CC(=O)O)CCN(CC(=O)O)CCN(CC(=O)N[C@H](CCC(=O)NCCOC2OC(CSOOO)C(O)C(SOOO)C2O)C(=O)NCCCOCCOCCOCCCNC(=O)CCCOc2cc(C)c(S(=O)(=O)N[C@@H](CNC(=O)c3ccc4c(cnn4CCCNc4ncc[nH]4)c3)C(=O)O)c(C)c2)CC1. The van der Waals surface area contributed by atoms with E-state index in [1.807, 2.05) is 11.8 Å². The highest BCUT2D eigenvalue weighted by atomic mass is 32.2. The number of imidazole rings is 1. The van der Waals surface area contributed by atoms with E-state index < -0.39 is 100 Å². The zero-order chi connectivity index (χ0) is 81.9. The summed E-state index contributed by atoms with van der Waals surface area (Å²) in [5, 5.41) is 95.8. The van der Waals surface area contributed by atoms with E-state index in [1.165, 1.54) is 12.1 Å². The van der Waals surface area contributed by atoms with E-state index in [0.717, 1.165) is 11.9 Å². The Morgan fingerprint density at radius 1 is 0.673 bits per heavy atom. The maximum Gasteiger partial charge on any atom is 0.323 e. The molecule has 5 unspecified atom stereocenters. The molecule has 0 aliphatic carbocycles. The lowest BCUT2D eigenvalue weighted by molar-refractivity contribution is -0.433. The van der Waals surface area contributed by atoms with E-state index in [2.05, 4.69) is 75.3 Å². The largest absolute Gasteiger partial charge is 0.494 e. The van der Waals surface area contributed by atoms with Crippen LogP contribution >= 0.6 is 24.1 Å². The van der Waals surface area contributed by atoms with E-state index in [9.17, 15) is 72.3 Å². The number of likely N-dealkylation sites (N-methyl/N-ethyl adjacent to an activating group) is 1. The Kier molecular flexibility index (Phi) is 43.5. The molecule has 5 amide bonds. The first kappa shape index (κ1) is 94.3. The van der Waals surface area contributed by atoms with Gasteiger partial charge in [0.05, 0.1) is 99.1 Å².